The fourth-order valence-electron chi connectivity index (χ4n) is 0.993. The van der Waals surface area contributed by atoms with Crippen LogP contribution in [0.25, 0.3) is 0 Å². The molecular formula is C8H8F3NO2S. The fraction of sp³-hybridized carbons (Fsp3) is 0.375. The van der Waals surface area contributed by atoms with Crippen LogP contribution in [0.5, 0.6) is 0 Å². The van der Waals surface area contributed by atoms with Crippen molar-refractivity contribution in [2.24, 2.45) is 5.73 Å². The number of nitrogens with two attached hydrogens (primary N) is 1. The second-order valence-electron chi connectivity index (χ2n) is 2.90. The quantitative estimate of drug-likeness (QED) is 0.850. The van der Waals surface area contributed by atoms with Crippen molar-refractivity contribution in [2.45, 2.75) is 18.6 Å². The molecule has 84 valence electrons. The minimum Gasteiger partial charge on any atom is -0.481 e. The molecule has 0 aliphatic carbocycles. The molecule has 3 N–H and O–H groups in total. The van der Waals surface area contributed by atoms with Crippen LogP contribution in [0.15, 0.2) is 12.1 Å². The van der Waals surface area contributed by atoms with E-state index in [1.54, 1.807) is 0 Å². The lowest BCUT2D eigenvalue weighted by Gasteiger charge is -2.05. The Kier molecular flexibility index (Phi) is 3.35. The van der Waals surface area contributed by atoms with E-state index in [9.17, 15) is 18.0 Å². The van der Waals surface area contributed by atoms with E-state index in [-0.39, 0.29) is 11.3 Å². The predicted molar refractivity (Wildman–Crippen MR) is 48.5 cm³/mol. The molecule has 1 heterocycles. The minimum absolute atomic E-state index is 0.227. The number of aliphatic carboxylic acids is 1. The van der Waals surface area contributed by atoms with Crippen molar-refractivity contribution in [3.05, 3.63) is 21.9 Å². The molecule has 1 aromatic heterocycles. The van der Waals surface area contributed by atoms with Gasteiger partial charge in [0, 0.05) is 10.9 Å². The molecule has 0 saturated carbocycles. The van der Waals surface area contributed by atoms with Gasteiger partial charge in [-0.3, -0.25) is 4.79 Å². The number of carboxylic acid groups (broad SMARTS) is 1. The highest BCUT2D eigenvalue weighted by Gasteiger charge is 2.33. The topological polar surface area (TPSA) is 63.3 Å². The molecule has 1 aromatic rings. The summed E-state index contributed by atoms with van der Waals surface area (Å²) >= 11 is 0.477. The van der Waals surface area contributed by atoms with Gasteiger partial charge in [0.25, 0.3) is 0 Å². The number of hydrogen-bond acceptors (Lipinski definition) is 3. The van der Waals surface area contributed by atoms with Gasteiger partial charge in [-0.2, -0.15) is 13.2 Å². The van der Waals surface area contributed by atoms with Crippen molar-refractivity contribution in [3.8, 4) is 0 Å². The second kappa shape index (κ2) is 4.19. The number of alkyl halides is 3. The van der Waals surface area contributed by atoms with Gasteiger partial charge < -0.3 is 10.8 Å². The maximum absolute atomic E-state index is 12.2. The highest BCUT2D eigenvalue weighted by molar-refractivity contribution is 7.12. The minimum atomic E-state index is -4.40. The van der Waals surface area contributed by atoms with E-state index in [2.05, 4.69) is 0 Å². The Labute approximate surface area is 87.3 Å². The Morgan fingerprint density at radius 3 is 2.53 bits per heavy atom. The van der Waals surface area contributed by atoms with E-state index in [4.69, 9.17) is 10.8 Å². The van der Waals surface area contributed by atoms with Crippen LogP contribution >= 0.6 is 11.3 Å². The van der Waals surface area contributed by atoms with Gasteiger partial charge in [0.05, 0.1) is 6.42 Å². The monoisotopic (exact) mass is 239 g/mol. The van der Waals surface area contributed by atoms with Crippen molar-refractivity contribution in [1.29, 1.82) is 0 Å². The normalized spacial score (nSPS) is 13.9. The zero-order valence-corrected chi connectivity index (χ0v) is 8.23. The molecule has 3 nitrogen and oxygen atoms in total. The van der Waals surface area contributed by atoms with E-state index >= 15 is 0 Å². The van der Waals surface area contributed by atoms with Gasteiger partial charge in [0.1, 0.15) is 4.88 Å². The third kappa shape index (κ3) is 3.21. The number of carbonyl (C=O) groups is 1. The zero-order valence-electron chi connectivity index (χ0n) is 7.41. The molecule has 0 radical (unpaired) electrons. The molecule has 0 spiro atoms. The summed E-state index contributed by atoms with van der Waals surface area (Å²) in [5, 5.41) is 8.41. The summed E-state index contributed by atoms with van der Waals surface area (Å²) in [6.45, 7) is 0. The first-order valence-electron chi connectivity index (χ1n) is 3.95. The number of carboxylic acids is 1. The Morgan fingerprint density at radius 2 is 2.13 bits per heavy atom. The van der Waals surface area contributed by atoms with Crippen molar-refractivity contribution in [3.63, 3.8) is 0 Å². The summed E-state index contributed by atoms with van der Waals surface area (Å²) in [7, 11) is 0. The molecule has 0 aromatic carbocycles. The van der Waals surface area contributed by atoms with Crippen LogP contribution in [0.3, 0.4) is 0 Å². The van der Waals surface area contributed by atoms with Crippen LogP contribution in [-0.2, 0) is 11.0 Å². The summed E-state index contributed by atoms with van der Waals surface area (Å²) in [5.41, 5.74) is 5.41. The lowest BCUT2D eigenvalue weighted by molar-refractivity contribution is -0.137. The van der Waals surface area contributed by atoms with E-state index in [1.807, 2.05) is 0 Å². The number of halogens is 3. The van der Waals surface area contributed by atoms with Gasteiger partial charge in [-0.15, -0.1) is 11.3 Å². The molecule has 0 aliphatic heterocycles. The van der Waals surface area contributed by atoms with Gasteiger partial charge in [-0.1, -0.05) is 0 Å². The van der Waals surface area contributed by atoms with Crippen LogP contribution < -0.4 is 5.73 Å². The molecule has 0 amide bonds. The van der Waals surface area contributed by atoms with Gasteiger partial charge in [0.15, 0.2) is 0 Å². The third-order valence-corrected chi connectivity index (χ3v) is 2.93. The average molecular weight is 239 g/mol. The number of rotatable bonds is 3. The molecule has 1 unspecified atom stereocenters. The maximum atomic E-state index is 12.2. The second-order valence-corrected chi connectivity index (χ2v) is 4.02. The molecular weight excluding hydrogens is 231 g/mol. The summed E-state index contributed by atoms with van der Waals surface area (Å²) < 4.78 is 36.5. The standard InChI is InChI=1S/C8H8F3NO2S/c9-8(10,11)6-2-1-5(15-6)4(12)3-7(13)14/h1-2,4H,3,12H2,(H,13,14). The summed E-state index contributed by atoms with van der Waals surface area (Å²) in [6, 6.07) is 1.23. The van der Waals surface area contributed by atoms with Crippen LogP contribution in [-0.4, -0.2) is 11.1 Å². The SMILES string of the molecule is NC(CC(=O)O)c1ccc(C(F)(F)F)s1. The summed E-state index contributed by atoms with van der Waals surface area (Å²) in [6.07, 6.45) is -4.77. The molecule has 0 aliphatic rings. The van der Waals surface area contributed by atoms with Gasteiger partial charge in [-0.25, -0.2) is 0 Å². The van der Waals surface area contributed by atoms with Crippen molar-refractivity contribution in [1.82, 2.24) is 0 Å². The van der Waals surface area contributed by atoms with E-state index in [0.717, 1.165) is 6.07 Å². The first kappa shape index (κ1) is 12.0. The predicted octanol–water partition coefficient (Wildman–Crippen LogP) is 2.24. The summed E-state index contributed by atoms with van der Waals surface area (Å²) in [5.74, 6) is -1.13. The first-order valence-corrected chi connectivity index (χ1v) is 4.76. The fourth-order valence-corrected chi connectivity index (χ4v) is 1.87. The highest BCUT2D eigenvalue weighted by Crippen LogP contribution is 2.36. The molecule has 7 heteroatoms. The number of thiophene rings is 1. The lowest BCUT2D eigenvalue weighted by atomic mass is 10.2. The smallest absolute Gasteiger partial charge is 0.425 e. The highest BCUT2D eigenvalue weighted by atomic mass is 32.1. The van der Waals surface area contributed by atoms with Gasteiger partial charge >= 0.3 is 12.1 Å². The van der Waals surface area contributed by atoms with Crippen LogP contribution in [0, 0.1) is 0 Å². The molecule has 0 fully saturated rings. The van der Waals surface area contributed by atoms with E-state index in [1.165, 1.54) is 6.07 Å². The molecule has 0 bridgehead atoms. The third-order valence-electron chi connectivity index (χ3n) is 1.67. The van der Waals surface area contributed by atoms with Crippen molar-refractivity contribution < 1.29 is 23.1 Å². The molecule has 1 atom stereocenters. The lowest BCUT2D eigenvalue weighted by Crippen LogP contribution is -2.13. The van der Waals surface area contributed by atoms with E-state index in [0.29, 0.717) is 11.3 Å². The Morgan fingerprint density at radius 1 is 1.53 bits per heavy atom. The Bertz CT molecular complexity index is 361. The molecule has 0 saturated heterocycles. The van der Waals surface area contributed by atoms with Crippen LogP contribution in [0.1, 0.15) is 22.2 Å². The van der Waals surface area contributed by atoms with Crippen LogP contribution in [0.4, 0.5) is 13.2 Å². The van der Waals surface area contributed by atoms with Gasteiger partial charge in [0.2, 0.25) is 0 Å². The largest absolute Gasteiger partial charge is 0.481 e. The van der Waals surface area contributed by atoms with Crippen molar-refractivity contribution in [2.75, 3.05) is 0 Å². The zero-order chi connectivity index (χ0) is 11.6. The first-order chi connectivity index (χ1) is 6.80. The Hall–Kier alpha value is -1.08. The number of hydrogen-bond donors (Lipinski definition) is 2. The van der Waals surface area contributed by atoms with Crippen molar-refractivity contribution >= 4 is 17.3 Å². The molecule has 1 rings (SSSR count). The molecule has 15 heavy (non-hydrogen) atoms. The summed E-state index contributed by atoms with van der Waals surface area (Å²) in [4.78, 5) is 9.75. The van der Waals surface area contributed by atoms with Gasteiger partial charge in [-0.05, 0) is 12.1 Å². The maximum Gasteiger partial charge on any atom is 0.425 e. The average Bonchev–Trinajstić information content (AvgIpc) is 2.48. The van der Waals surface area contributed by atoms with Crippen LogP contribution in [0.2, 0.25) is 0 Å². The van der Waals surface area contributed by atoms with E-state index < -0.39 is 23.1 Å². The Balaban J connectivity index is 2.80.